The van der Waals surface area contributed by atoms with E-state index in [0.717, 1.165) is 23.0 Å². The number of hydrogen-bond acceptors (Lipinski definition) is 1. The van der Waals surface area contributed by atoms with Crippen LogP contribution in [-0.4, -0.2) is 9.97 Å². The van der Waals surface area contributed by atoms with Gasteiger partial charge >= 0.3 is 5.69 Å². The molecule has 0 aliphatic heterocycles. The molecule has 3 aromatic rings. The number of rotatable bonds is 3. The third-order valence-corrected chi connectivity index (χ3v) is 4.21. The van der Waals surface area contributed by atoms with E-state index in [-0.39, 0.29) is 11.1 Å². The second-order valence-corrected chi connectivity index (χ2v) is 6.01. The van der Waals surface area contributed by atoms with Crippen molar-refractivity contribution in [2.75, 3.05) is 0 Å². The van der Waals surface area contributed by atoms with Gasteiger partial charge in [-0.2, -0.15) is 0 Å². The Hall–Kier alpha value is -2.00. The highest BCUT2D eigenvalue weighted by atomic mass is 35.5. The van der Waals surface area contributed by atoms with Crippen LogP contribution in [0, 0.1) is 13.8 Å². The minimum atomic E-state index is -0.192. The number of aromatic nitrogens is 2. The van der Waals surface area contributed by atoms with Gasteiger partial charge in [0.25, 0.3) is 0 Å². The van der Waals surface area contributed by atoms with Gasteiger partial charge in [0, 0.05) is 0 Å². The third-order valence-electron chi connectivity index (χ3n) is 3.81. The zero-order chi connectivity index (χ0) is 15.0. The maximum atomic E-state index is 11.3. The van der Waals surface area contributed by atoms with Crippen molar-refractivity contribution in [3.63, 3.8) is 0 Å². The summed E-state index contributed by atoms with van der Waals surface area (Å²) in [6, 6.07) is 12.2. The molecule has 0 fully saturated rings. The van der Waals surface area contributed by atoms with Gasteiger partial charge in [-0.25, -0.2) is 4.79 Å². The molecule has 0 saturated heterocycles. The van der Waals surface area contributed by atoms with E-state index in [2.05, 4.69) is 42.0 Å². The second kappa shape index (κ2) is 5.41. The van der Waals surface area contributed by atoms with E-state index < -0.39 is 0 Å². The van der Waals surface area contributed by atoms with Crippen LogP contribution in [0.25, 0.3) is 11.0 Å². The van der Waals surface area contributed by atoms with E-state index in [1.165, 1.54) is 16.7 Å². The van der Waals surface area contributed by atoms with Crippen molar-refractivity contribution in [3.05, 3.63) is 69.1 Å². The maximum absolute atomic E-state index is 11.3. The Morgan fingerprint density at radius 3 is 2.62 bits per heavy atom. The fourth-order valence-corrected chi connectivity index (χ4v) is 2.88. The summed E-state index contributed by atoms with van der Waals surface area (Å²) in [6.45, 7) is 4.19. The number of halogens is 1. The van der Waals surface area contributed by atoms with Crippen LogP contribution in [0.3, 0.4) is 0 Å². The molecule has 0 aliphatic rings. The number of H-pyrrole nitrogens is 2. The summed E-state index contributed by atoms with van der Waals surface area (Å²) in [5, 5.41) is -0.117. The summed E-state index contributed by atoms with van der Waals surface area (Å²) < 4.78 is 0. The molecule has 1 unspecified atom stereocenters. The number of hydrogen-bond donors (Lipinski definition) is 2. The predicted octanol–water partition coefficient (Wildman–Crippen LogP) is 4.00. The number of fused-ring (bicyclic) bond motifs is 1. The van der Waals surface area contributed by atoms with Crippen LogP contribution >= 0.6 is 11.6 Å². The molecule has 0 saturated carbocycles. The summed E-state index contributed by atoms with van der Waals surface area (Å²) >= 11 is 6.57. The molecule has 2 aromatic carbocycles. The van der Waals surface area contributed by atoms with E-state index >= 15 is 0 Å². The molecule has 21 heavy (non-hydrogen) atoms. The smallest absolute Gasteiger partial charge is 0.306 e. The normalized spacial score (nSPS) is 12.7. The van der Waals surface area contributed by atoms with Gasteiger partial charge in [0.05, 0.1) is 16.4 Å². The highest BCUT2D eigenvalue weighted by Crippen LogP contribution is 2.28. The van der Waals surface area contributed by atoms with Crippen LogP contribution < -0.4 is 5.69 Å². The minimum absolute atomic E-state index is 0.117. The standard InChI is InChI=1S/C17H17ClN2O/c1-10-3-4-11(2)13(7-10)8-14(18)12-5-6-15-16(9-12)20-17(21)19-15/h3-7,9,14H,8H2,1-2H3,(H2,19,20,21). The highest BCUT2D eigenvalue weighted by molar-refractivity contribution is 6.21. The molecule has 0 radical (unpaired) electrons. The van der Waals surface area contributed by atoms with Crippen LogP contribution in [0.4, 0.5) is 0 Å². The lowest BCUT2D eigenvalue weighted by Crippen LogP contribution is -1.99. The van der Waals surface area contributed by atoms with Crippen molar-refractivity contribution in [3.8, 4) is 0 Å². The number of nitrogens with one attached hydrogen (secondary N) is 2. The van der Waals surface area contributed by atoms with Gasteiger partial charge in [-0.15, -0.1) is 11.6 Å². The molecule has 0 spiro atoms. The Morgan fingerprint density at radius 1 is 1.05 bits per heavy atom. The van der Waals surface area contributed by atoms with Crippen LogP contribution in [0.2, 0.25) is 0 Å². The largest absolute Gasteiger partial charge is 0.323 e. The SMILES string of the molecule is Cc1ccc(C)c(CC(Cl)c2ccc3[nH]c(=O)[nH]c3c2)c1. The molecule has 0 bridgehead atoms. The zero-order valence-electron chi connectivity index (χ0n) is 12.0. The lowest BCUT2D eigenvalue weighted by Gasteiger charge is -2.13. The van der Waals surface area contributed by atoms with Crippen LogP contribution in [-0.2, 0) is 6.42 Å². The Morgan fingerprint density at radius 2 is 1.81 bits per heavy atom. The van der Waals surface area contributed by atoms with Gasteiger partial charge in [-0.1, -0.05) is 29.8 Å². The van der Waals surface area contributed by atoms with Gasteiger partial charge in [-0.05, 0) is 49.1 Å². The molecule has 1 atom stereocenters. The summed E-state index contributed by atoms with van der Waals surface area (Å²) in [5.74, 6) is 0. The number of imidazole rings is 1. The molecule has 3 rings (SSSR count). The Bertz CT molecular complexity index is 847. The minimum Gasteiger partial charge on any atom is -0.306 e. The summed E-state index contributed by atoms with van der Waals surface area (Å²) in [7, 11) is 0. The van der Waals surface area contributed by atoms with E-state index in [0.29, 0.717) is 0 Å². The highest BCUT2D eigenvalue weighted by Gasteiger charge is 2.12. The maximum Gasteiger partial charge on any atom is 0.323 e. The van der Waals surface area contributed by atoms with Crippen LogP contribution in [0.15, 0.2) is 41.2 Å². The van der Waals surface area contributed by atoms with Crippen molar-refractivity contribution in [1.82, 2.24) is 9.97 Å². The van der Waals surface area contributed by atoms with Crippen molar-refractivity contribution < 1.29 is 0 Å². The monoisotopic (exact) mass is 300 g/mol. The van der Waals surface area contributed by atoms with E-state index in [1.807, 2.05) is 18.2 Å². The summed E-state index contributed by atoms with van der Waals surface area (Å²) in [4.78, 5) is 16.8. The zero-order valence-corrected chi connectivity index (χ0v) is 12.8. The van der Waals surface area contributed by atoms with Crippen molar-refractivity contribution >= 4 is 22.6 Å². The van der Waals surface area contributed by atoms with Crippen molar-refractivity contribution in [1.29, 1.82) is 0 Å². The number of benzene rings is 2. The molecular formula is C17H17ClN2O. The average molecular weight is 301 g/mol. The number of aryl methyl sites for hydroxylation is 2. The topological polar surface area (TPSA) is 48.6 Å². The van der Waals surface area contributed by atoms with Crippen molar-refractivity contribution in [2.24, 2.45) is 0 Å². The molecule has 2 N–H and O–H groups in total. The first-order valence-corrected chi connectivity index (χ1v) is 7.39. The Labute approximate surface area is 128 Å². The summed E-state index contributed by atoms with van der Waals surface area (Å²) in [6.07, 6.45) is 0.773. The average Bonchev–Trinajstić information content (AvgIpc) is 2.81. The Balaban J connectivity index is 1.90. The van der Waals surface area contributed by atoms with Gasteiger partial charge in [0.1, 0.15) is 0 Å². The molecule has 3 nitrogen and oxygen atoms in total. The fourth-order valence-electron chi connectivity index (χ4n) is 2.58. The first-order valence-electron chi connectivity index (χ1n) is 6.95. The molecule has 108 valence electrons. The number of aromatic amines is 2. The number of alkyl halides is 1. The third kappa shape index (κ3) is 2.88. The molecule has 1 heterocycles. The van der Waals surface area contributed by atoms with Gasteiger partial charge in [-0.3, -0.25) is 0 Å². The van der Waals surface area contributed by atoms with Crippen LogP contribution in [0.5, 0.6) is 0 Å². The van der Waals surface area contributed by atoms with E-state index in [1.54, 1.807) is 0 Å². The predicted molar refractivity (Wildman–Crippen MR) is 87.1 cm³/mol. The molecular weight excluding hydrogens is 284 g/mol. The summed E-state index contributed by atoms with van der Waals surface area (Å²) in [5.41, 5.74) is 6.18. The lowest BCUT2D eigenvalue weighted by atomic mass is 9.98. The fraction of sp³-hybridized carbons (Fsp3) is 0.235. The first-order chi connectivity index (χ1) is 10.0. The first kappa shape index (κ1) is 14.0. The van der Waals surface area contributed by atoms with Crippen molar-refractivity contribution in [2.45, 2.75) is 25.6 Å². The van der Waals surface area contributed by atoms with Crippen LogP contribution in [0.1, 0.15) is 27.6 Å². The quantitative estimate of drug-likeness (QED) is 0.706. The molecule has 0 amide bonds. The lowest BCUT2D eigenvalue weighted by molar-refractivity contribution is 0.910. The van der Waals surface area contributed by atoms with Gasteiger partial charge < -0.3 is 9.97 Å². The molecule has 4 heteroatoms. The van der Waals surface area contributed by atoms with Gasteiger partial charge in [0.15, 0.2) is 0 Å². The second-order valence-electron chi connectivity index (χ2n) is 5.49. The molecule has 0 aliphatic carbocycles. The molecule has 1 aromatic heterocycles. The Kier molecular flexibility index (Phi) is 3.60. The van der Waals surface area contributed by atoms with E-state index in [4.69, 9.17) is 11.6 Å². The van der Waals surface area contributed by atoms with Gasteiger partial charge in [0.2, 0.25) is 0 Å². The van der Waals surface area contributed by atoms with E-state index in [9.17, 15) is 4.79 Å².